The summed E-state index contributed by atoms with van der Waals surface area (Å²) in [6.07, 6.45) is 5.33. The van der Waals surface area contributed by atoms with Crippen LogP contribution in [0.5, 0.6) is 0 Å². The van der Waals surface area contributed by atoms with Crippen molar-refractivity contribution in [1.29, 1.82) is 0 Å². The SMILES string of the molecule is C[C@@H](O)[C@H]1C(=O)N2C(C(=O)O)=C(S[C@@H]3CN[C@H](Cn4cc[n+](CC(=O)O)c4)C3)[C@H](C)[C@H]12. The standard InChI is InChI=1S/C20H26N4O6S/c1-10-16-15(11(2)25)19(28)24(16)17(20(29)30)18(10)31-13-5-12(21-6-13)7-22-3-4-23(9-22)8-14(26)27/h3-4,9-13,15-16,21,25H,5-8H2,1-2H3,(H-,26,27,29,30)/p+1/t10-,11-,12+,13+,15-,16-/m1/s1. The van der Waals surface area contributed by atoms with Crippen molar-refractivity contribution < 1.29 is 34.3 Å². The first-order valence-electron chi connectivity index (χ1n) is 10.3. The second kappa shape index (κ2) is 8.29. The molecule has 31 heavy (non-hydrogen) atoms. The number of β-lactam (4-membered cyclic amide) rings is 1. The van der Waals surface area contributed by atoms with E-state index < -0.39 is 24.0 Å². The molecule has 10 nitrogen and oxygen atoms in total. The van der Waals surface area contributed by atoms with Crippen molar-refractivity contribution in [3.63, 3.8) is 0 Å². The molecule has 0 radical (unpaired) electrons. The quantitative estimate of drug-likeness (QED) is 0.306. The van der Waals surface area contributed by atoms with Crippen LogP contribution < -0.4 is 9.88 Å². The van der Waals surface area contributed by atoms with Crippen LogP contribution in [0.25, 0.3) is 0 Å². The van der Waals surface area contributed by atoms with E-state index >= 15 is 0 Å². The number of carboxylic acids is 2. The number of imidazole rings is 1. The van der Waals surface area contributed by atoms with Crippen LogP contribution in [0.3, 0.4) is 0 Å². The van der Waals surface area contributed by atoms with Crippen LogP contribution in [0.1, 0.15) is 20.3 Å². The fourth-order valence-corrected chi connectivity index (χ4v) is 6.44. The number of thioether (sulfide) groups is 1. The van der Waals surface area contributed by atoms with Gasteiger partial charge in [-0.1, -0.05) is 6.92 Å². The topological polar surface area (TPSA) is 136 Å². The van der Waals surface area contributed by atoms with Crippen LogP contribution in [0.2, 0.25) is 0 Å². The number of nitrogens with one attached hydrogen (secondary N) is 1. The molecular formula is C20H27N4O6S+. The summed E-state index contributed by atoms with van der Waals surface area (Å²) in [7, 11) is 0. The maximum absolute atomic E-state index is 12.5. The van der Waals surface area contributed by atoms with Crippen LogP contribution >= 0.6 is 11.8 Å². The molecule has 2 fully saturated rings. The molecule has 4 heterocycles. The monoisotopic (exact) mass is 451 g/mol. The number of aliphatic hydroxyl groups is 1. The lowest BCUT2D eigenvalue weighted by molar-refractivity contribution is -0.685. The highest BCUT2D eigenvalue weighted by Gasteiger charge is 2.60. The highest BCUT2D eigenvalue weighted by Crippen LogP contribution is 2.51. The van der Waals surface area contributed by atoms with Gasteiger partial charge in [-0.3, -0.25) is 4.79 Å². The molecule has 0 unspecified atom stereocenters. The Labute approximate surface area is 183 Å². The fourth-order valence-electron chi connectivity index (χ4n) is 4.92. The zero-order valence-corrected chi connectivity index (χ0v) is 18.2. The van der Waals surface area contributed by atoms with Gasteiger partial charge in [0.1, 0.15) is 24.6 Å². The van der Waals surface area contributed by atoms with Crippen molar-refractivity contribution >= 4 is 29.6 Å². The Balaban J connectivity index is 1.41. The van der Waals surface area contributed by atoms with E-state index in [9.17, 15) is 24.6 Å². The molecule has 3 aliphatic heterocycles. The molecule has 0 aliphatic carbocycles. The van der Waals surface area contributed by atoms with Crippen LogP contribution in [-0.2, 0) is 27.5 Å². The molecule has 0 spiro atoms. The minimum absolute atomic E-state index is 0.0629. The van der Waals surface area contributed by atoms with E-state index in [1.807, 2.05) is 17.7 Å². The minimum atomic E-state index is -1.10. The smallest absolute Gasteiger partial charge is 0.353 e. The number of hydrogen-bond donors (Lipinski definition) is 4. The van der Waals surface area contributed by atoms with Gasteiger partial charge in [0.15, 0.2) is 6.54 Å². The molecule has 1 aromatic heterocycles. The summed E-state index contributed by atoms with van der Waals surface area (Å²) < 4.78 is 3.54. The molecular weight excluding hydrogens is 424 g/mol. The number of hydrogen-bond acceptors (Lipinski definition) is 6. The zero-order valence-electron chi connectivity index (χ0n) is 17.3. The number of rotatable bonds is 8. The van der Waals surface area contributed by atoms with Gasteiger partial charge in [0.2, 0.25) is 12.2 Å². The Hall–Kier alpha value is -2.37. The molecule has 0 saturated carbocycles. The van der Waals surface area contributed by atoms with Crippen LogP contribution in [0.4, 0.5) is 0 Å². The number of aliphatic carboxylic acids is 2. The van der Waals surface area contributed by atoms with E-state index in [0.717, 1.165) is 6.42 Å². The Morgan fingerprint density at radius 1 is 1.39 bits per heavy atom. The number of nitrogens with zero attached hydrogens (tertiary/aromatic N) is 3. The normalized spacial score (nSPS) is 31.0. The van der Waals surface area contributed by atoms with Gasteiger partial charge in [0.05, 0.1) is 18.1 Å². The van der Waals surface area contributed by atoms with E-state index in [4.69, 9.17) is 5.11 Å². The first-order valence-corrected chi connectivity index (χ1v) is 11.2. The third-order valence-corrected chi connectivity index (χ3v) is 7.79. The fraction of sp³-hybridized carbons (Fsp3) is 0.600. The molecule has 3 aliphatic rings. The van der Waals surface area contributed by atoms with E-state index in [1.165, 1.54) is 16.7 Å². The van der Waals surface area contributed by atoms with E-state index in [0.29, 0.717) is 18.0 Å². The van der Waals surface area contributed by atoms with Gasteiger partial charge in [0.25, 0.3) is 0 Å². The number of carbonyl (C=O) groups is 3. The van der Waals surface area contributed by atoms with Gasteiger partial charge in [-0.25, -0.2) is 18.7 Å². The average molecular weight is 452 g/mol. The van der Waals surface area contributed by atoms with E-state index in [2.05, 4.69) is 5.32 Å². The summed E-state index contributed by atoms with van der Waals surface area (Å²) in [4.78, 5) is 37.3. The Morgan fingerprint density at radius 3 is 2.77 bits per heavy atom. The summed E-state index contributed by atoms with van der Waals surface area (Å²) in [6, 6.07) is -0.117. The summed E-state index contributed by atoms with van der Waals surface area (Å²) >= 11 is 1.52. The molecule has 1 aromatic rings. The predicted molar refractivity (Wildman–Crippen MR) is 110 cm³/mol. The molecule has 0 aromatic carbocycles. The number of amides is 1. The summed E-state index contributed by atoms with van der Waals surface area (Å²) in [5, 5.41) is 32.2. The molecule has 168 valence electrons. The summed E-state index contributed by atoms with van der Waals surface area (Å²) in [5.41, 5.74) is 0.0629. The third kappa shape index (κ3) is 3.97. The number of aliphatic hydroxyl groups excluding tert-OH is 1. The van der Waals surface area contributed by atoms with Gasteiger partial charge in [-0.05, 0) is 13.3 Å². The van der Waals surface area contributed by atoms with Crippen molar-refractivity contribution in [2.75, 3.05) is 6.54 Å². The van der Waals surface area contributed by atoms with Crippen molar-refractivity contribution in [3.8, 4) is 0 Å². The largest absolute Gasteiger partial charge is 0.478 e. The van der Waals surface area contributed by atoms with Crippen molar-refractivity contribution in [1.82, 2.24) is 14.8 Å². The molecule has 4 rings (SSSR count). The number of fused-ring (bicyclic) bond motifs is 1. The second-order valence-corrected chi connectivity index (χ2v) is 9.87. The number of carbonyl (C=O) groups excluding carboxylic acids is 1. The average Bonchev–Trinajstić information content (AvgIpc) is 3.34. The maximum Gasteiger partial charge on any atom is 0.353 e. The van der Waals surface area contributed by atoms with Crippen molar-refractivity contribution in [2.24, 2.45) is 11.8 Å². The van der Waals surface area contributed by atoms with Crippen LogP contribution in [-0.4, -0.2) is 72.6 Å². The molecule has 0 bridgehead atoms. The summed E-state index contributed by atoms with van der Waals surface area (Å²) in [6.45, 7) is 4.82. The Bertz CT molecular complexity index is 944. The van der Waals surface area contributed by atoms with Gasteiger partial charge in [0, 0.05) is 28.7 Å². The van der Waals surface area contributed by atoms with Crippen LogP contribution in [0.15, 0.2) is 29.3 Å². The minimum Gasteiger partial charge on any atom is -0.478 e. The number of aromatic nitrogens is 2. The summed E-state index contributed by atoms with van der Waals surface area (Å²) in [5.74, 6) is -3.00. The molecule has 1 amide bonds. The molecule has 2 saturated heterocycles. The van der Waals surface area contributed by atoms with Crippen molar-refractivity contribution in [2.45, 2.75) is 56.8 Å². The van der Waals surface area contributed by atoms with Gasteiger partial charge >= 0.3 is 11.9 Å². The Kier molecular flexibility index (Phi) is 5.84. The zero-order chi connectivity index (χ0) is 22.4. The lowest BCUT2D eigenvalue weighted by Gasteiger charge is -2.46. The van der Waals surface area contributed by atoms with Gasteiger partial charge in [-0.15, -0.1) is 11.8 Å². The maximum atomic E-state index is 12.5. The van der Waals surface area contributed by atoms with Crippen LogP contribution in [0, 0.1) is 11.8 Å². The molecule has 4 N–H and O–H groups in total. The lowest BCUT2D eigenvalue weighted by Crippen LogP contribution is -2.63. The molecule has 11 heteroatoms. The Morgan fingerprint density at radius 2 is 2.13 bits per heavy atom. The van der Waals surface area contributed by atoms with E-state index in [1.54, 1.807) is 24.0 Å². The van der Waals surface area contributed by atoms with E-state index in [-0.39, 0.29) is 41.4 Å². The molecule has 6 atom stereocenters. The highest BCUT2D eigenvalue weighted by molar-refractivity contribution is 8.03. The first-order chi connectivity index (χ1) is 14.7. The highest BCUT2D eigenvalue weighted by atomic mass is 32.2. The number of carboxylic acid groups (broad SMARTS) is 2. The van der Waals surface area contributed by atoms with Gasteiger partial charge in [-0.2, -0.15) is 0 Å². The predicted octanol–water partition coefficient (Wildman–Crippen LogP) is -0.522. The lowest BCUT2D eigenvalue weighted by atomic mass is 9.79. The first kappa shape index (κ1) is 21.8. The third-order valence-electron chi connectivity index (χ3n) is 6.28. The van der Waals surface area contributed by atoms with Gasteiger partial charge < -0.3 is 25.5 Å². The van der Waals surface area contributed by atoms with Crippen molar-refractivity contribution in [3.05, 3.63) is 29.3 Å². The second-order valence-electron chi connectivity index (χ2n) is 8.53.